The monoisotopic (exact) mass is 690 g/mol. The number of amides is 1. The molecule has 6 nitrogen and oxygen atoms in total. The smallest absolute Gasteiger partial charge is 0.326 e. The Kier molecular flexibility index (Phi) is 10.3. The number of aliphatic hydroxyl groups excluding tert-OH is 1. The van der Waals surface area contributed by atoms with Gasteiger partial charge in [0.05, 0.1) is 24.7 Å². The molecule has 3 N–H and O–H groups in total. The predicted octanol–water partition coefficient (Wildman–Crippen LogP) is 8.86. The molecule has 278 valence electrons. The summed E-state index contributed by atoms with van der Waals surface area (Å²) in [5.74, 6) is 0.919. The number of aliphatic carboxylic acids is 1. The van der Waals surface area contributed by atoms with Crippen LogP contribution in [0, 0.1) is 62.6 Å². The Morgan fingerprint density at radius 2 is 1.62 bits per heavy atom. The summed E-state index contributed by atoms with van der Waals surface area (Å²) in [5.41, 5.74) is 2.06. The van der Waals surface area contributed by atoms with Gasteiger partial charge in [-0.2, -0.15) is 0 Å². The lowest BCUT2D eigenvalue weighted by atomic mass is 9.32. The van der Waals surface area contributed by atoms with Gasteiger partial charge in [0.2, 0.25) is 5.91 Å². The highest BCUT2D eigenvalue weighted by molar-refractivity contribution is 5.88. The van der Waals surface area contributed by atoms with E-state index >= 15 is 0 Å². The van der Waals surface area contributed by atoms with Crippen molar-refractivity contribution in [2.45, 2.75) is 138 Å². The summed E-state index contributed by atoms with van der Waals surface area (Å²) in [6.45, 7) is 22.2. The van der Waals surface area contributed by atoms with Gasteiger partial charge in [0.25, 0.3) is 0 Å². The van der Waals surface area contributed by atoms with Gasteiger partial charge in [-0.1, -0.05) is 85.4 Å². The molecule has 5 aliphatic rings. The lowest BCUT2D eigenvalue weighted by Gasteiger charge is -2.72. The van der Waals surface area contributed by atoms with E-state index in [9.17, 15) is 19.8 Å². The Bertz CT molecular complexity index is 1420. The van der Waals surface area contributed by atoms with Gasteiger partial charge in [0.15, 0.2) is 0 Å². The molecule has 5 aliphatic carbocycles. The van der Waals surface area contributed by atoms with Gasteiger partial charge in [0, 0.05) is 0 Å². The normalized spacial score (nSPS) is 40.9. The van der Waals surface area contributed by atoms with Crippen molar-refractivity contribution >= 4 is 11.9 Å². The molecule has 0 spiro atoms. The maximum Gasteiger partial charge on any atom is 0.326 e. The number of ether oxygens (including phenoxy) is 1. The van der Waals surface area contributed by atoms with Crippen LogP contribution < -0.4 is 5.32 Å². The highest BCUT2D eigenvalue weighted by Gasteiger charge is 2.72. The van der Waals surface area contributed by atoms with Gasteiger partial charge in [-0.25, -0.2) is 4.79 Å². The number of hydrogen-bond acceptors (Lipinski definition) is 4. The van der Waals surface area contributed by atoms with Crippen molar-refractivity contribution in [1.29, 1.82) is 0 Å². The molecule has 6 heteroatoms. The summed E-state index contributed by atoms with van der Waals surface area (Å²) in [7, 11) is 0. The Morgan fingerprint density at radius 1 is 0.900 bits per heavy atom. The molecule has 11 atom stereocenters. The molecule has 0 aliphatic heterocycles. The molecule has 5 fully saturated rings. The van der Waals surface area contributed by atoms with E-state index in [0.717, 1.165) is 76.2 Å². The zero-order valence-corrected chi connectivity index (χ0v) is 32.2. The second-order valence-electron chi connectivity index (χ2n) is 19.3. The van der Waals surface area contributed by atoms with Crippen molar-refractivity contribution in [1.82, 2.24) is 5.32 Å². The van der Waals surface area contributed by atoms with Crippen LogP contribution in [0.15, 0.2) is 42.5 Å². The fourth-order valence-electron chi connectivity index (χ4n) is 13.6. The Balaban J connectivity index is 1.30. The molecule has 0 radical (unpaired) electrons. The number of carboxylic acids is 1. The molecular weight excluding hydrogens is 622 g/mol. The van der Waals surface area contributed by atoms with Crippen molar-refractivity contribution in [2.24, 2.45) is 62.6 Å². The van der Waals surface area contributed by atoms with E-state index in [1.807, 2.05) is 19.9 Å². The fourth-order valence-corrected chi connectivity index (χ4v) is 13.6. The molecule has 0 unspecified atom stereocenters. The van der Waals surface area contributed by atoms with Crippen LogP contribution in [0.4, 0.5) is 0 Å². The van der Waals surface area contributed by atoms with Crippen LogP contribution in [0.25, 0.3) is 0 Å². The SMILES string of the molecule is C=C(COCCc1ccccc1)[C@@H]1CC[C@]2(C(=O)N[C@@H](CC(C)C)C(=O)O)CC[C@]3(C)[C@H](CC[C@@H]4[C@@]5(C)CC[C@H](O)C(C)(C)[C@@H]5CC[C@]43C)[C@@H]12. The second kappa shape index (κ2) is 13.7. The third-order valence-electron chi connectivity index (χ3n) is 16.4. The molecule has 5 saturated carbocycles. The topological polar surface area (TPSA) is 95.9 Å². The van der Waals surface area contributed by atoms with Gasteiger partial charge in [-0.05, 0) is 145 Å². The van der Waals surface area contributed by atoms with Crippen LogP contribution in [0.3, 0.4) is 0 Å². The largest absolute Gasteiger partial charge is 0.480 e. The van der Waals surface area contributed by atoms with Crippen molar-refractivity contribution in [3.05, 3.63) is 48.0 Å². The summed E-state index contributed by atoms with van der Waals surface area (Å²) in [4.78, 5) is 27.1. The lowest BCUT2D eigenvalue weighted by Crippen LogP contribution is -2.67. The number of carbonyl (C=O) groups excluding carboxylic acids is 1. The number of aliphatic hydroxyl groups is 1. The van der Waals surface area contributed by atoms with E-state index in [-0.39, 0.29) is 51.4 Å². The van der Waals surface area contributed by atoms with Crippen molar-refractivity contribution in [2.75, 3.05) is 13.2 Å². The molecule has 0 bridgehead atoms. The van der Waals surface area contributed by atoms with Gasteiger partial charge in [-0.3, -0.25) is 4.79 Å². The predicted molar refractivity (Wildman–Crippen MR) is 199 cm³/mol. The van der Waals surface area contributed by atoms with Crippen LogP contribution in [0.5, 0.6) is 0 Å². The first-order valence-electron chi connectivity index (χ1n) is 20.0. The molecule has 1 amide bonds. The molecule has 0 aromatic heterocycles. The summed E-state index contributed by atoms with van der Waals surface area (Å²) in [5, 5.41) is 24.4. The fraction of sp³-hybridized carbons (Fsp3) is 0.773. The number of carbonyl (C=O) groups is 2. The Labute approximate surface area is 302 Å². The van der Waals surface area contributed by atoms with Crippen LogP contribution in [0.2, 0.25) is 0 Å². The lowest BCUT2D eigenvalue weighted by molar-refractivity contribution is -0.246. The first-order valence-corrected chi connectivity index (χ1v) is 20.0. The maximum atomic E-state index is 14.7. The number of carboxylic acid groups (broad SMARTS) is 1. The van der Waals surface area contributed by atoms with E-state index in [1.54, 1.807) is 0 Å². The van der Waals surface area contributed by atoms with Gasteiger partial charge in [-0.15, -0.1) is 0 Å². The molecule has 6 rings (SSSR count). The van der Waals surface area contributed by atoms with E-state index in [4.69, 9.17) is 4.74 Å². The highest BCUT2D eigenvalue weighted by atomic mass is 16.5. The highest BCUT2D eigenvalue weighted by Crippen LogP contribution is 2.77. The number of hydrogen-bond donors (Lipinski definition) is 3. The number of benzene rings is 1. The molecule has 1 aromatic carbocycles. The average Bonchev–Trinajstić information content (AvgIpc) is 3.46. The Morgan fingerprint density at radius 3 is 2.30 bits per heavy atom. The minimum atomic E-state index is -0.940. The quantitative estimate of drug-likeness (QED) is 0.159. The van der Waals surface area contributed by atoms with Crippen molar-refractivity contribution in [3.8, 4) is 0 Å². The molecule has 1 aromatic rings. The van der Waals surface area contributed by atoms with E-state index in [1.165, 1.54) is 5.56 Å². The van der Waals surface area contributed by atoms with Crippen LogP contribution in [-0.2, 0) is 20.7 Å². The van der Waals surface area contributed by atoms with E-state index in [0.29, 0.717) is 37.4 Å². The van der Waals surface area contributed by atoms with Gasteiger partial charge < -0.3 is 20.3 Å². The third kappa shape index (κ3) is 6.00. The minimum Gasteiger partial charge on any atom is -0.480 e. The summed E-state index contributed by atoms with van der Waals surface area (Å²) < 4.78 is 6.29. The molecule has 0 saturated heterocycles. The van der Waals surface area contributed by atoms with Gasteiger partial charge in [0.1, 0.15) is 6.04 Å². The first-order chi connectivity index (χ1) is 23.5. The third-order valence-corrected chi connectivity index (χ3v) is 16.4. The number of rotatable bonds is 11. The van der Waals surface area contributed by atoms with Crippen molar-refractivity contribution < 1.29 is 24.5 Å². The first kappa shape index (κ1) is 37.6. The maximum absolute atomic E-state index is 14.7. The number of nitrogens with one attached hydrogen (secondary N) is 1. The number of fused-ring (bicyclic) bond motifs is 7. The Hall–Kier alpha value is -2.18. The van der Waals surface area contributed by atoms with Gasteiger partial charge >= 0.3 is 5.97 Å². The molecular formula is C44H67NO5. The molecule has 0 heterocycles. The minimum absolute atomic E-state index is 0.0381. The van der Waals surface area contributed by atoms with E-state index in [2.05, 4.69) is 70.8 Å². The van der Waals surface area contributed by atoms with Crippen LogP contribution in [0.1, 0.15) is 125 Å². The van der Waals surface area contributed by atoms with Crippen LogP contribution >= 0.6 is 0 Å². The van der Waals surface area contributed by atoms with Crippen LogP contribution in [-0.4, -0.2) is 47.4 Å². The summed E-state index contributed by atoms with van der Waals surface area (Å²) in [6.07, 6.45) is 11.1. The van der Waals surface area contributed by atoms with Crippen molar-refractivity contribution in [3.63, 3.8) is 0 Å². The second-order valence-corrected chi connectivity index (χ2v) is 19.3. The van der Waals surface area contributed by atoms with E-state index < -0.39 is 17.4 Å². The summed E-state index contributed by atoms with van der Waals surface area (Å²) >= 11 is 0. The average molecular weight is 690 g/mol. The standard InChI is InChI=1S/C44H67NO5/c1-28(2)26-33(38(47)48)45-39(49)44-22-16-31(29(3)27-50-25-19-30-12-10-9-11-13-30)37(44)32-14-15-35-41(6)20-18-36(46)40(4,5)34(41)17-21-43(35,8)42(32,7)23-24-44/h9-13,28,31-37,46H,3,14-27H2,1-2,4-8H3,(H,45,49)(H,47,48)/t31-,32+,33-,34-,35+,36-,37+,41-,42+,43+,44-/m0/s1. The molecule has 50 heavy (non-hydrogen) atoms. The summed E-state index contributed by atoms with van der Waals surface area (Å²) in [6, 6.07) is 9.56. The zero-order chi connectivity index (χ0) is 36.3. The zero-order valence-electron chi connectivity index (χ0n) is 32.2.